The Morgan fingerprint density at radius 2 is 0.706 bits per heavy atom. The Hall–Kier alpha value is -3.61. The number of ether oxygens (including phenoxy) is 16. The lowest BCUT2D eigenvalue weighted by Crippen LogP contribution is -2.59. The third kappa shape index (κ3) is 40.0. The van der Waals surface area contributed by atoms with Gasteiger partial charge in [-0.3, -0.25) is 24.0 Å². The summed E-state index contributed by atoms with van der Waals surface area (Å²) in [4.78, 5) is 67.9. The Kier molecular flexibility index (Phi) is 50.8. The molecule has 109 heavy (non-hydrogen) atoms. The minimum absolute atomic E-state index is 0.0268. The lowest BCUT2D eigenvalue weighted by molar-refractivity contribution is -0.302. The number of rotatable bonds is 63. The fraction of sp³-hybridized carbons (Fsp3) is 0.930. The van der Waals surface area contributed by atoms with Crippen molar-refractivity contribution in [2.24, 2.45) is 5.41 Å². The predicted octanol–water partition coefficient (Wildman–Crippen LogP) is -5.27. The number of amides is 4. The normalized spacial score (nSPS) is 27.2. The summed E-state index contributed by atoms with van der Waals surface area (Å²) in [5.41, 5.74) is -1.50. The van der Waals surface area contributed by atoms with E-state index in [1.165, 1.54) is 0 Å². The van der Waals surface area contributed by atoms with Crippen molar-refractivity contribution in [3.05, 3.63) is 0 Å². The first-order chi connectivity index (χ1) is 52.3. The van der Waals surface area contributed by atoms with Crippen LogP contribution in [0, 0.1) is 5.41 Å². The molecule has 6 unspecified atom stereocenters. The van der Waals surface area contributed by atoms with E-state index in [-0.39, 0.29) is 232 Å². The molecule has 0 radical (unpaired) electrons. The third-order valence-electron chi connectivity index (χ3n) is 18.1. The Morgan fingerprint density at radius 3 is 1.05 bits per heavy atom. The Morgan fingerprint density at radius 1 is 0.385 bits per heavy atom. The van der Waals surface area contributed by atoms with Gasteiger partial charge in [-0.25, -0.2) is 0 Å². The van der Waals surface area contributed by atoms with Gasteiger partial charge in [0, 0.05) is 70.1 Å². The van der Waals surface area contributed by atoms with Gasteiger partial charge in [0.2, 0.25) is 23.6 Å². The molecule has 0 spiro atoms. The number of likely N-dealkylation sites (tertiary alicyclic amines) is 1. The van der Waals surface area contributed by atoms with Gasteiger partial charge in [-0.2, -0.15) is 0 Å². The molecule has 4 aliphatic heterocycles. The van der Waals surface area contributed by atoms with Crippen LogP contribution in [-0.4, -0.2) is 402 Å². The molecule has 38 heteroatoms. The molecule has 0 aromatic heterocycles. The summed E-state index contributed by atoms with van der Waals surface area (Å²) < 4.78 is 89.7. The molecule has 38 nitrogen and oxygen atoms in total. The second-order valence-electron chi connectivity index (χ2n) is 28.4. The average Bonchev–Trinajstić information content (AvgIpc) is 1.14. The average molecular weight is 1580 g/mol. The van der Waals surface area contributed by atoms with Crippen LogP contribution < -0.4 is 16.0 Å². The number of nitrogens with one attached hydrogen (secondary N) is 3. The number of nitrogens with zero attached hydrogens (tertiary/aromatic N) is 1. The zero-order chi connectivity index (χ0) is 79.8. The molecule has 17 atom stereocenters. The lowest BCUT2D eigenvalue weighted by Gasteiger charge is -2.39. The minimum Gasteiger partial charge on any atom is -0.394 e. The van der Waals surface area contributed by atoms with Crippen LogP contribution in [0.2, 0.25) is 0 Å². The van der Waals surface area contributed by atoms with Crippen molar-refractivity contribution < 1.29 is 166 Å². The molecule has 4 saturated heterocycles. The highest BCUT2D eigenvalue weighted by Crippen LogP contribution is 2.29. The molecule has 4 amide bonds. The van der Waals surface area contributed by atoms with Crippen LogP contribution in [0.1, 0.15) is 117 Å². The van der Waals surface area contributed by atoms with Crippen LogP contribution >= 0.6 is 0 Å². The number of carbonyl (C=O) groups excluding carboxylic acids is 5. The van der Waals surface area contributed by atoms with Gasteiger partial charge in [-0.1, -0.05) is 38.5 Å². The topological polar surface area (TPSA) is 535 Å². The second kappa shape index (κ2) is 56.6. The van der Waals surface area contributed by atoms with Gasteiger partial charge in [0.25, 0.3) is 0 Å². The molecule has 4 rings (SSSR count). The van der Waals surface area contributed by atoms with Crippen LogP contribution in [0.4, 0.5) is 0 Å². The van der Waals surface area contributed by atoms with E-state index in [0.717, 1.165) is 44.9 Å². The molecule has 0 saturated carbocycles. The van der Waals surface area contributed by atoms with Gasteiger partial charge in [0.1, 0.15) is 79.0 Å². The molecule has 0 aromatic rings. The van der Waals surface area contributed by atoms with Crippen molar-refractivity contribution in [1.82, 2.24) is 20.9 Å². The zero-order valence-corrected chi connectivity index (χ0v) is 63.8. The molecular weight excluding hydrogens is 1450 g/mol. The number of carbonyl (C=O) groups is 5. The largest absolute Gasteiger partial charge is 0.394 e. The van der Waals surface area contributed by atoms with E-state index in [1.54, 1.807) is 4.90 Å². The third-order valence-corrected chi connectivity index (χ3v) is 18.1. The number of hydrogen-bond acceptors (Lipinski definition) is 34. The van der Waals surface area contributed by atoms with Crippen molar-refractivity contribution in [2.75, 3.05) is 191 Å². The van der Waals surface area contributed by atoms with Crippen molar-refractivity contribution >= 4 is 29.4 Å². The van der Waals surface area contributed by atoms with E-state index in [4.69, 9.17) is 75.8 Å². The van der Waals surface area contributed by atoms with Crippen LogP contribution in [0.25, 0.3) is 0 Å². The molecule has 0 aliphatic carbocycles. The maximum absolute atomic E-state index is 14.1. The van der Waals surface area contributed by atoms with E-state index in [2.05, 4.69) is 16.0 Å². The predicted molar refractivity (Wildman–Crippen MR) is 379 cm³/mol. The number of unbranched alkanes of at least 4 members (excludes halogenated alkanes) is 7. The number of aliphatic hydroxyl groups excluding tert-OH is 13. The quantitative estimate of drug-likeness (QED) is 0.0253. The summed E-state index contributed by atoms with van der Waals surface area (Å²) in [5, 5.41) is 137. The number of aliphatic hydroxyl groups is 13. The van der Waals surface area contributed by atoms with Gasteiger partial charge < -0.3 is 163 Å². The summed E-state index contributed by atoms with van der Waals surface area (Å²) in [6, 6.07) is -0.146. The summed E-state index contributed by atoms with van der Waals surface area (Å²) in [6.07, 6.45) is -14.0. The van der Waals surface area contributed by atoms with E-state index >= 15 is 0 Å². The Bertz CT molecular complexity index is 2220. The SMILES string of the molecule is CC(C)(C)OC[C@@H]1C[C@@H](O)CN1C(=O)CCCCCCCCCCC(=O)CC(COCCC(=O)NCCOCCOCCOC1OC(CO)[C@@H](O)[C@H](O)[C@H]1O)(COCCC(=O)NCCOCCOCCOC1OC(CO)[C@@H](O)[C@H](O)[C@H]1O)COCCC(=O)NCCOCCOCCO[C@H]1OC(CO)[C@@H](O)[C@H](O)C1O. The number of ketones is 1. The monoisotopic (exact) mass is 1580 g/mol. The van der Waals surface area contributed by atoms with E-state index < -0.39 is 123 Å². The first-order valence-electron chi connectivity index (χ1n) is 38.2. The standard InChI is InChI=1S/C71H130N4O34/c1-70(2,3)106-44-48-38-50(80)40-75(48)57(84)13-11-9-7-5-4-6-8-10-12-49(79)39-71(45-100-20-14-54(81)72-17-23-94-26-29-97-32-35-103-67-64(91)61(88)58(85)51(41-76)107-67,46-101-21-15-55(82)73-18-24-95-27-30-98-33-36-104-68-65(92)62(89)59(86)52(42-77)108-68)47-102-22-16-56(83)74-19-25-96-28-31-99-34-37-105-69-66(93)63(90)60(87)53(43-78)109-69/h48,50-53,58-69,76-78,80,85-93H,4-47H2,1-3H3,(H,72,81)(H,73,82)(H,74,83)/t48-,50+,51?,52?,53?,58+,59+,60+,61-,62-,63-,64+,65+,66?,67?,68?,69-,71?/m0/s1. The minimum atomic E-state index is -1.57. The van der Waals surface area contributed by atoms with Crippen LogP contribution in [0.5, 0.6) is 0 Å². The molecule has 638 valence electrons. The Labute approximate surface area is 638 Å². The van der Waals surface area contributed by atoms with E-state index in [0.29, 0.717) is 32.4 Å². The van der Waals surface area contributed by atoms with Crippen molar-refractivity contribution in [3.8, 4) is 0 Å². The van der Waals surface area contributed by atoms with Crippen LogP contribution in [0.3, 0.4) is 0 Å². The van der Waals surface area contributed by atoms with E-state index in [9.17, 15) is 90.4 Å². The molecule has 4 aliphatic rings. The summed E-state index contributed by atoms with van der Waals surface area (Å²) >= 11 is 0. The Balaban J connectivity index is 1.26. The highest BCUT2D eigenvalue weighted by molar-refractivity contribution is 5.79. The lowest BCUT2D eigenvalue weighted by atomic mass is 9.84. The maximum Gasteiger partial charge on any atom is 0.222 e. The number of β-amino-alcohol motifs (C(OH)–C–C–N with tert-alkyl or cyclic N) is 1. The molecular formula is C71H130N4O34. The molecule has 4 fully saturated rings. The maximum atomic E-state index is 14.1. The van der Waals surface area contributed by atoms with Crippen LogP contribution in [-0.2, 0) is 99.8 Å². The highest BCUT2D eigenvalue weighted by atomic mass is 16.7. The smallest absolute Gasteiger partial charge is 0.222 e. The van der Waals surface area contributed by atoms with E-state index in [1.807, 2.05) is 20.8 Å². The van der Waals surface area contributed by atoms with Gasteiger partial charge >= 0.3 is 0 Å². The van der Waals surface area contributed by atoms with Gasteiger partial charge in [-0.05, 0) is 40.0 Å². The fourth-order valence-corrected chi connectivity index (χ4v) is 12.0. The first-order valence-corrected chi connectivity index (χ1v) is 38.2. The molecule has 16 N–H and O–H groups in total. The number of hydrogen-bond donors (Lipinski definition) is 16. The van der Waals surface area contributed by atoms with Gasteiger partial charge in [-0.15, -0.1) is 0 Å². The zero-order valence-electron chi connectivity index (χ0n) is 63.8. The second-order valence-corrected chi connectivity index (χ2v) is 28.4. The fourth-order valence-electron chi connectivity index (χ4n) is 12.0. The number of Topliss-reactive ketones (excluding diaryl/α,β-unsaturated/α-hetero) is 1. The molecule has 4 heterocycles. The van der Waals surface area contributed by atoms with Crippen molar-refractivity contribution in [3.63, 3.8) is 0 Å². The summed E-state index contributed by atoms with van der Waals surface area (Å²) in [5.74, 6) is -1.13. The van der Waals surface area contributed by atoms with Crippen LogP contribution in [0.15, 0.2) is 0 Å². The highest BCUT2D eigenvalue weighted by Gasteiger charge is 2.47. The van der Waals surface area contributed by atoms with Crippen molar-refractivity contribution in [2.45, 2.75) is 227 Å². The summed E-state index contributed by atoms with van der Waals surface area (Å²) in [7, 11) is 0. The van der Waals surface area contributed by atoms with Gasteiger partial charge in [0.15, 0.2) is 18.9 Å². The van der Waals surface area contributed by atoms with Gasteiger partial charge in [0.05, 0.1) is 183 Å². The first kappa shape index (κ1) is 97.8. The van der Waals surface area contributed by atoms with Crippen molar-refractivity contribution in [1.29, 1.82) is 0 Å². The molecule has 0 aromatic carbocycles. The summed E-state index contributed by atoms with van der Waals surface area (Å²) in [6.45, 7) is 6.18. The molecule has 0 bridgehead atoms.